The molecule has 3 aromatic rings. The van der Waals surface area contributed by atoms with E-state index in [1.54, 1.807) is 43.6 Å². The number of aromatic nitrogens is 3. The Morgan fingerprint density at radius 2 is 2.00 bits per heavy atom. The molecule has 0 saturated carbocycles. The number of rotatable bonds is 6. The van der Waals surface area contributed by atoms with Gasteiger partial charge in [0.05, 0.1) is 6.54 Å². The number of nitrogens with zero attached hydrogens (tertiary/aromatic N) is 4. The predicted octanol–water partition coefficient (Wildman–Crippen LogP) is 1.17. The highest BCUT2D eigenvalue weighted by atomic mass is 19.1. The van der Waals surface area contributed by atoms with Crippen LogP contribution in [-0.4, -0.2) is 45.2 Å². The minimum absolute atomic E-state index is 0.139. The number of amides is 1. The highest BCUT2D eigenvalue weighted by Gasteiger charge is 2.14. The molecule has 130 valence electrons. The molecule has 0 unspecified atom stereocenters. The van der Waals surface area contributed by atoms with Crippen LogP contribution in [0.1, 0.15) is 0 Å². The first-order valence-electron chi connectivity index (χ1n) is 7.72. The molecule has 7 nitrogen and oxygen atoms in total. The second-order valence-electron chi connectivity index (χ2n) is 5.46. The van der Waals surface area contributed by atoms with Gasteiger partial charge in [-0.3, -0.25) is 9.20 Å². The van der Waals surface area contributed by atoms with Gasteiger partial charge in [-0.05, 0) is 24.3 Å². The predicted molar refractivity (Wildman–Crippen MR) is 89.0 cm³/mol. The molecule has 0 aliphatic carbocycles. The number of hydrogen-bond donors (Lipinski definition) is 0. The van der Waals surface area contributed by atoms with Crippen LogP contribution in [0.5, 0.6) is 5.75 Å². The Morgan fingerprint density at radius 3 is 2.76 bits per heavy atom. The molecule has 0 aliphatic heterocycles. The summed E-state index contributed by atoms with van der Waals surface area (Å²) in [6, 6.07) is 11.2. The summed E-state index contributed by atoms with van der Waals surface area (Å²) in [5.41, 5.74) is 0.103. The summed E-state index contributed by atoms with van der Waals surface area (Å²) in [4.78, 5) is 25.8. The molecule has 0 atom stereocenters. The maximum atomic E-state index is 13.5. The zero-order chi connectivity index (χ0) is 17.8. The lowest BCUT2D eigenvalue weighted by Gasteiger charge is -2.17. The van der Waals surface area contributed by atoms with Crippen molar-refractivity contribution in [1.82, 2.24) is 19.1 Å². The quantitative estimate of drug-likeness (QED) is 0.673. The molecule has 0 N–H and O–H groups in total. The third-order valence-electron chi connectivity index (χ3n) is 3.72. The van der Waals surface area contributed by atoms with Gasteiger partial charge in [0.1, 0.15) is 13.2 Å². The third kappa shape index (κ3) is 3.68. The number of likely N-dealkylation sites (N-methyl/N-ethyl adjacent to an activating group) is 1. The van der Waals surface area contributed by atoms with E-state index < -0.39 is 5.82 Å². The van der Waals surface area contributed by atoms with E-state index in [0.29, 0.717) is 5.65 Å². The van der Waals surface area contributed by atoms with Crippen molar-refractivity contribution >= 4 is 11.6 Å². The number of carbonyl (C=O) groups is 1. The zero-order valence-corrected chi connectivity index (χ0v) is 13.6. The van der Waals surface area contributed by atoms with Gasteiger partial charge in [0.15, 0.2) is 17.2 Å². The molecule has 2 aromatic heterocycles. The molecule has 25 heavy (non-hydrogen) atoms. The van der Waals surface area contributed by atoms with Crippen molar-refractivity contribution in [3.05, 3.63) is 65.0 Å². The van der Waals surface area contributed by atoms with Gasteiger partial charge in [-0.1, -0.05) is 18.2 Å². The lowest BCUT2D eigenvalue weighted by molar-refractivity contribution is -0.131. The van der Waals surface area contributed by atoms with E-state index in [1.807, 2.05) is 0 Å². The Morgan fingerprint density at radius 1 is 1.24 bits per heavy atom. The van der Waals surface area contributed by atoms with Crippen LogP contribution >= 0.6 is 0 Å². The summed E-state index contributed by atoms with van der Waals surface area (Å²) in [7, 11) is 1.59. The van der Waals surface area contributed by atoms with Gasteiger partial charge >= 0.3 is 5.69 Å². The van der Waals surface area contributed by atoms with Crippen molar-refractivity contribution in [3.8, 4) is 5.75 Å². The maximum Gasteiger partial charge on any atom is 0.350 e. The first-order chi connectivity index (χ1) is 12.1. The first kappa shape index (κ1) is 16.7. The zero-order valence-electron chi connectivity index (χ0n) is 13.6. The first-order valence-corrected chi connectivity index (χ1v) is 7.72. The monoisotopic (exact) mass is 344 g/mol. The fourth-order valence-electron chi connectivity index (χ4n) is 2.30. The van der Waals surface area contributed by atoms with Crippen molar-refractivity contribution in [2.24, 2.45) is 0 Å². The second kappa shape index (κ2) is 7.16. The largest absolute Gasteiger partial charge is 0.489 e. The average Bonchev–Trinajstić information content (AvgIpc) is 2.92. The highest BCUT2D eigenvalue weighted by Crippen LogP contribution is 2.14. The van der Waals surface area contributed by atoms with E-state index in [-0.39, 0.29) is 37.0 Å². The summed E-state index contributed by atoms with van der Waals surface area (Å²) < 4.78 is 21.3. The Labute approximate surface area is 142 Å². The van der Waals surface area contributed by atoms with E-state index in [0.717, 1.165) is 4.68 Å². The maximum absolute atomic E-state index is 13.5. The minimum Gasteiger partial charge on any atom is -0.489 e. The number of carbonyl (C=O) groups excluding carboxylic acids is 1. The molecule has 0 bridgehead atoms. The van der Waals surface area contributed by atoms with Gasteiger partial charge in [-0.25, -0.2) is 13.9 Å². The summed E-state index contributed by atoms with van der Waals surface area (Å²) in [5.74, 6) is -0.602. The van der Waals surface area contributed by atoms with Crippen molar-refractivity contribution in [2.75, 3.05) is 20.2 Å². The van der Waals surface area contributed by atoms with Crippen LogP contribution in [0.2, 0.25) is 0 Å². The molecule has 0 spiro atoms. The molecule has 0 fully saturated rings. The van der Waals surface area contributed by atoms with E-state index in [9.17, 15) is 14.0 Å². The van der Waals surface area contributed by atoms with Gasteiger partial charge in [-0.2, -0.15) is 0 Å². The third-order valence-corrected chi connectivity index (χ3v) is 3.72. The van der Waals surface area contributed by atoms with Crippen LogP contribution in [0, 0.1) is 5.82 Å². The fourth-order valence-corrected chi connectivity index (χ4v) is 2.30. The number of pyridine rings is 1. The van der Waals surface area contributed by atoms with E-state index >= 15 is 0 Å². The Hall–Kier alpha value is -3.16. The molecule has 8 heteroatoms. The average molecular weight is 344 g/mol. The summed E-state index contributed by atoms with van der Waals surface area (Å²) in [5, 5.41) is 4.11. The Bertz CT molecular complexity index is 950. The smallest absolute Gasteiger partial charge is 0.350 e. The van der Waals surface area contributed by atoms with Crippen molar-refractivity contribution in [2.45, 2.75) is 6.54 Å². The number of para-hydroxylation sites is 1. The molecule has 3 rings (SSSR count). The van der Waals surface area contributed by atoms with Crippen molar-refractivity contribution in [3.63, 3.8) is 0 Å². The summed E-state index contributed by atoms with van der Waals surface area (Å²) >= 11 is 0. The molecule has 0 radical (unpaired) electrons. The number of fused-ring (bicyclic) bond motifs is 1. The number of benzene rings is 1. The Kier molecular flexibility index (Phi) is 4.78. The van der Waals surface area contributed by atoms with Gasteiger partial charge in [0.2, 0.25) is 5.91 Å². The van der Waals surface area contributed by atoms with E-state index in [2.05, 4.69) is 5.10 Å². The van der Waals surface area contributed by atoms with Gasteiger partial charge in [-0.15, -0.1) is 5.10 Å². The minimum atomic E-state index is -0.451. The highest BCUT2D eigenvalue weighted by molar-refractivity contribution is 5.75. The lowest BCUT2D eigenvalue weighted by Crippen LogP contribution is -2.36. The molecule has 1 amide bonds. The standard InChI is InChI=1S/C17H17FN4O3/c1-20(10-11-25-14-7-3-2-6-13(14)18)16(23)12-22-17(24)21-9-5-4-8-15(21)19-22/h2-9H,10-12H2,1H3. The molecule has 2 heterocycles. The van der Waals surface area contributed by atoms with Gasteiger partial charge < -0.3 is 9.64 Å². The van der Waals surface area contributed by atoms with Crippen LogP contribution in [0.15, 0.2) is 53.5 Å². The molecular formula is C17H17FN4O3. The van der Waals surface area contributed by atoms with Crippen LogP contribution in [0.25, 0.3) is 5.65 Å². The summed E-state index contributed by atoms with van der Waals surface area (Å²) in [6.07, 6.45) is 1.59. The van der Waals surface area contributed by atoms with Crippen LogP contribution < -0.4 is 10.4 Å². The lowest BCUT2D eigenvalue weighted by atomic mass is 10.3. The fraction of sp³-hybridized carbons (Fsp3) is 0.235. The van der Waals surface area contributed by atoms with E-state index in [1.165, 1.54) is 21.4 Å². The van der Waals surface area contributed by atoms with Crippen LogP contribution in [0.4, 0.5) is 4.39 Å². The van der Waals surface area contributed by atoms with Gasteiger partial charge in [0, 0.05) is 13.2 Å². The topological polar surface area (TPSA) is 68.8 Å². The normalized spacial score (nSPS) is 10.8. The van der Waals surface area contributed by atoms with Gasteiger partial charge in [0.25, 0.3) is 0 Å². The number of ether oxygens (including phenoxy) is 1. The molecular weight excluding hydrogens is 327 g/mol. The molecule has 0 saturated heterocycles. The van der Waals surface area contributed by atoms with Crippen molar-refractivity contribution in [1.29, 1.82) is 0 Å². The van der Waals surface area contributed by atoms with Crippen LogP contribution in [-0.2, 0) is 11.3 Å². The number of halogens is 1. The molecule has 1 aromatic carbocycles. The Balaban J connectivity index is 1.58. The SMILES string of the molecule is CN(CCOc1ccccc1F)C(=O)Cn1nc2ccccn2c1=O. The molecule has 0 aliphatic rings. The number of hydrogen-bond acceptors (Lipinski definition) is 4. The van der Waals surface area contributed by atoms with Crippen LogP contribution in [0.3, 0.4) is 0 Å². The van der Waals surface area contributed by atoms with E-state index in [4.69, 9.17) is 4.74 Å². The van der Waals surface area contributed by atoms with Crippen molar-refractivity contribution < 1.29 is 13.9 Å². The second-order valence-corrected chi connectivity index (χ2v) is 5.46. The summed E-state index contributed by atoms with van der Waals surface area (Å²) in [6.45, 7) is 0.231.